The summed E-state index contributed by atoms with van der Waals surface area (Å²) in [7, 11) is 1.96. The summed E-state index contributed by atoms with van der Waals surface area (Å²) < 4.78 is 1.87. The Morgan fingerprint density at radius 3 is 2.78 bits per heavy atom. The first-order chi connectivity index (χ1) is 7.81. The number of aromatic nitrogens is 3. The summed E-state index contributed by atoms with van der Waals surface area (Å²) in [6, 6.07) is 0.664. The van der Waals surface area contributed by atoms with Crippen LogP contribution in [0.4, 0.5) is 0 Å². The van der Waals surface area contributed by atoms with E-state index in [1.807, 2.05) is 11.7 Å². The van der Waals surface area contributed by atoms with Crippen LogP contribution in [0.15, 0.2) is 6.33 Å². The molecule has 2 rings (SSSR count). The second-order valence-electron chi connectivity index (χ2n) is 4.42. The van der Waals surface area contributed by atoms with Crippen LogP contribution in [-0.2, 0) is 13.6 Å². The summed E-state index contributed by atoms with van der Waals surface area (Å²) in [4.78, 5) is 6.82. The molecule has 1 aromatic rings. The lowest BCUT2D eigenvalue weighted by Crippen LogP contribution is -2.37. The minimum atomic E-state index is 0. The highest BCUT2D eigenvalue weighted by molar-refractivity contribution is 5.85. The molecule has 0 aromatic carbocycles. The summed E-state index contributed by atoms with van der Waals surface area (Å²) in [6.45, 7) is 6.53. The molecule has 1 atom stereocenters. The first-order valence-electron chi connectivity index (χ1n) is 6.09. The topological polar surface area (TPSA) is 46.0 Å². The van der Waals surface area contributed by atoms with Gasteiger partial charge in [-0.25, -0.2) is 4.98 Å². The zero-order chi connectivity index (χ0) is 11.4. The predicted molar refractivity (Wildman–Crippen MR) is 77.5 cm³/mol. The Kier molecular flexibility index (Phi) is 8.52. The second-order valence-corrected chi connectivity index (χ2v) is 4.42. The Hall–Kier alpha value is -0.360. The normalized spacial score (nSPS) is 18.5. The van der Waals surface area contributed by atoms with E-state index < -0.39 is 0 Å². The average molecular weight is 296 g/mol. The maximum absolute atomic E-state index is 4.30. The van der Waals surface area contributed by atoms with Crippen molar-refractivity contribution in [2.75, 3.05) is 19.6 Å². The number of rotatable bonds is 5. The molecule has 0 radical (unpaired) electrons. The highest BCUT2D eigenvalue weighted by atomic mass is 35.5. The van der Waals surface area contributed by atoms with Crippen LogP contribution >= 0.6 is 24.8 Å². The molecule has 0 bridgehead atoms. The van der Waals surface area contributed by atoms with Crippen molar-refractivity contribution in [1.82, 2.24) is 25.0 Å². The Labute approximate surface area is 121 Å². The summed E-state index contributed by atoms with van der Waals surface area (Å²) in [6.07, 6.45) is 4.07. The Morgan fingerprint density at radius 2 is 2.28 bits per heavy atom. The van der Waals surface area contributed by atoms with Gasteiger partial charge in [-0.15, -0.1) is 24.8 Å². The molecule has 0 aliphatic carbocycles. The molecule has 0 spiro atoms. The predicted octanol–water partition coefficient (Wildman–Crippen LogP) is 1.23. The zero-order valence-corrected chi connectivity index (χ0v) is 12.6. The van der Waals surface area contributed by atoms with Crippen molar-refractivity contribution in [3.05, 3.63) is 12.2 Å². The molecule has 1 N–H and O–H groups in total. The zero-order valence-electron chi connectivity index (χ0n) is 11.0. The van der Waals surface area contributed by atoms with Crippen LogP contribution in [0.2, 0.25) is 0 Å². The Morgan fingerprint density at radius 1 is 1.50 bits per heavy atom. The van der Waals surface area contributed by atoms with Crippen molar-refractivity contribution >= 4 is 24.8 Å². The van der Waals surface area contributed by atoms with Gasteiger partial charge in [0.1, 0.15) is 12.2 Å². The molecule has 106 valence electrons. The summed E-state index contributed by atoms with van der Waals surface area (Å²) >= 11 is 0. The quantitative estimate of drug-likeness (QED) is 0.888. The molecule has 1 unspecified atom stereocenters. The van der Waals surface area contributed by atoms with Crippen LogP contribution in [0.3, 0.4) is 0 Å². The molecule has 1 aromatic heterocycles. The first kappa shape index (κ1) is 17.6. The largest absolute Gasteiger partial charge is 0.315 e. The first-order valence-corrected chi connectivity index (χ1v) is 6.09. The fourth-order valence-corrected chi connectivity index (χ4v) is 2.27. The third kappa shape index (κ3) is 4.39. The van der Waals surface area contributed by atoms with Crippen LogP contribution < -0.4 is 5.32 Å². The minimum absolute atomic E-state index is 0. The molecule has 0 amide bonds. The van der Waals surface area contributed by atoms with E-state index in [9.17, 15) is 0 Å². The maximum Gasteiger partial charge on any atom is 0.140 e. The van der Waals surface area contributed by atoms with Crippen LogP contribution in [0, 0.1) is 0 Å². The lowest BCUT2D eigenvalue weighted by Gasteiger charge is -2.27. The van der Waals surface area contributed by atoms with Gasteiger partial charge in [-0.1, -0.05) is 6.92 Å². The van der Waals surface area contributed by atoms with Crippen molar-refractivity contribution in [3.63, 3.8) is 0 Å². The lowest BCUT2D eigenvalue weighted by molar-refractivity contribution is 0.192. The number of hydrogen-bond donors (Lipinski definition) is 1. The lowest BCUT2D eigenvalue weighted by atomic mass is 10.2. The fraction of sp³-hybridized carbons (Fsp3) is 0.818. The fourth-order valence-electron chi connectivity index (χ4n) is 2.27. The molecule has 1 fully saturated rings. The third-order valence-electron chi connectivity index (χ3n) is 3.21. The van der Waals surface area contributed by atoms with E-state index in [4.69, 9.17) is 0 Å². The summed E-state index contributed by atoms with van der Waals surface area (Å²) in [5.41, 5.74) is 0. The standard InChI is InChI=1S/C11H21N5.2ClH/c1-3-6-16(10-4-5-12-7-10)8-11-13-9-14-15(11)2;;/h9-10,12H,3-8H2,1-2H3;2*1H. The molecule has 1 aliphatic rings. The van der Waals surface area contributed by atoms with E-state index >= 15 is 0 Å². The van der Waals surface area contributed by atoms with Gasteiger partial charge in [0.15, 0.2) is 0 Å². The van der Waals surface area contributed by atoms with Crippen molar-refractivity contribution in [2.24, 2.45) is 7.05 Å². The molecule has 7 heteroatoms. The van der Waals surface area contributed by atoms with E-state index in [0.29, 0.717) is 6.04 Å². The molecule has 1 saturated heterocycles. The second kappa shape index (κ2) is 8.69. The van der Waals surface area contributed by atoms with E-state index in [1.54, 1.807) is 6.33 Å². The van der Waals surface area contributed by atoms with Gasteiger partial charge >= 0.3 is 0 Å². The number of hydrogen-bond acceptors (Lipinski definition) is 4. The van der Waals surface area contributed by atoms with Crippen molar-refractivity contribution in [1.29, 1.82) is 0 Å². The van der Waals surface area contributed by atoms with Gasteiger partial charge in [0, 0.05) is 19.6 Å². The summed E-state index contributed by atoms with van der Waals surface area (Å²) in [5, 5.41) is 7.54. The number of nitrogens with zero attached hydrogens (tertiary/aromatic N) is 4. The number of aryl methyl sites for hydroxylation is 1. The van der Waals surface area contributed by atoms with Crippen LogP contribution in [0.25, 0.3) is 0 Å². The summed E-state index contributed by atoms with van der Waals surface area (Å²) in [5.74, 6) is 1.06. The van der Waals surface area contributed by atoms with Crippen LogP contribution in [-0.4, -0.2) is 45.3 Å². The third-order valence-corrected chi connectivity index (χ3v) is 3.21. The Balaban J connectivity index is 0.00000144. The van der Waals surface area contributed by atoms with E-state index in [1.165, 1.54) is 12.8 Å². The maximum atomic E-state index is 4.30. The van der Waals surface area contributed by atoms with Crippen LogP contribution in [0.1, 0.15) is 25.6 Å². The molecule has 5 nitrogen and oxygen atoms in total. The average Bonchev–Trinajstić information content (AvgIpc) is 2.90. The van der Waals surface area contributed by atoms with Crippen LogP contribution in [0.5, 0.6) is 0 Å². The van der Waals surface area contributed by atoms with Crippen molar-refractivity contribution in [3.8, 4) is 0 Å². The molecular formula is C11H23Cl2N5. The molecule has 18 heavy (non-hydrogen) atoms. The van der Waals surface area contributed by atoms with E-state index in [2.05, 4.69) is 27.2 Å². The SMILES string of the molecule is CCCN(Cc1ncnn1C)C1CCNC1.Cl.Cl. The number of halogens is 2. The van der Waals surface area contributed by atoms with E-state index in [-0.39, 0.29) is 24.8 Å². The number of nitrogens with one attached hydrogen (secondary N) is 1. The monoisotopic (exact) mass is 295 g/mol. The highest BCUT2D eigenvalue weighted by Gasteiger charge is 2.22. The molecule has 1 aliphatic heterocycles. The highest BCUT2D eigenvalue weighted by Crippen LogP contribution is 2.12. The van der Waals surface area contributed by atoms with Gasteiger partial charge < -0.3 is 5.32 Å². The van der Waals surface area contributed by atoms with Crippen molar-refractivity contribution < 1.29 is 0 Å². The molecule has 0 saturated carbocycles. The molecular weight excluding hydrogens is 273 g/mol. The molecule has 2 heterocycles. The van der Waals surface area contributed by atoms with Gasteiger partial charge in [0.25, 0.3) is 0 Å². The van der Waals surface area contributed by atoms with Gasteiger partial charge in [0.05, 0.1) is 6.54 Å². The van der Waals surface area contributed by atoms with E-state index in [0.717, 1.165) is 32.0 Å². The van der Waals surface area contributed by atoms with Gasteiger partial charge in [-0.05, 0) is 25.9 Å². The Bertz CT molecular complexity index is 325. The smallest absolute Gasteiger partial charge is 0.140 e. The van der Waals surface area contributed by atoms with Gasteiger partial charge in [0.2, 0.25) is 0 Å². The van der Waals surface area contributed by atoms with Gasteiger partial charge in [-0.2, -0.15) is 5.10 Å². The van der Waals surface area contributed by atoms with Crippen molar-refractivity contribution in [2.45, 2.75) is 32.4 Å². The minimum Gasteiger partial charge on any atom is -0.315 e. The van der Waals surface area contributed by atoms with Gasteiger partial charge in [-0.3, -0.25) is 9.58 Å².